The van der Waals surface area contributed by atoms with E-state index in [1.54, 1.807) is 0 Å². The number of hydrogen-bond donors (Lipinski definition) is 0. The van der Waals surface area contributed by atoms with Crippen molar-refractivity contribution in [2.24, 2.45) is 0 Å². The molecule has 1 aromatic heterocycles. The van der Waals surface area contributed by atoms with Crippen molar-refractivity contribution in [2.75, 3.05) is 7.11 Å². The van der Waals surface area contributed by atoms with Crippen molar-refractivity contribution < 1.29 is 9.53 Å². The summed E-state index contributed by atoms with van der Waals surface area (Å²) in [4.78, 5) is 12.3. The SMILES string of the molecule is COC(=O)c1cc2c(CC=Cc3ccccc3)cccc2s1. The Morgan fingerprint density at radius 2 is 1.95 bits per heavy atom. The lowest BCUT2D eigenvalue weighted by atomic mass is 10.1. The molecule has 0 N–H and O–H groups in total. The fourth-order valence-corrected chi connectivity index (χ4v) is 3.41. The third kappa shape index (κ3) is 3.10. The highest BCUT2D eigenvalue weighted by molar-refractivity contribution is 7.20. The highest BCUT2D eigenvalue weighted by Gasteiger charge is 2.11. The lowest BCUT2D eigenvalue weighted by Gasteiger charge is -1.99. The van der Waals surface area contributed by atoms with Crippen molar-refractivity contribution >= 4 is 33.5 Å². The predicted molar refractivity (Wildman–Crippen MR) is 92.3 cm³/mol. The van der Waals surface area contributed by atoms with Crippen molar-refractivity contribution in [3.63, 3.8) is 0 Å². The van der Waals surface area contributed by atoms with E-state index in [1.807, 2.05) is 36.4 Å². The van der Waals surface area contributed by atoms with E-state index in [4.69, 9.17) is 4.74 Å². The summed E-state index contributed by atoms with van der Waals surface area (Å²) in [5, 5.41) is 1.13. The van der Waals surface area contributed by atoms with Gasteiger partial charge in [-0.1, -0.05) is 54.6 Å². The number of methoxy groups -OCH3 is 1. The smallest absolute Gasteiger partial charge is 0.348 e. The first kappa shape index (κ1) is 14.5. The molecular formula is C19H16O2S. The van der Waals surface area contributed by atoms with E-state index in [9.17, 15) is 4.79 Å². The standard InChI is InChI=1S/C19H16O2S/c1-21-19(20)18-13-16-15(11-6-12-17(16)22-18)10-5-9-14-7-3-2-4-8-14/h2-9,11-13H,10H2,1H3. The number of allylic oxidation sites excluding steroid dienone is 1. The first-order valence-corrected chi connectivity index (χ1v) is 7.91. The zero-order valence-electron chi connectivity index (χ0n) is 12.3. The molecule has 0 fully saturated rings. The number of carbonyl (C=O) groups excluding carboxylic acids is 1. The van der Waals surface area contributed by atoms with Gasteiger partial charge in [0.25, 0.3) is 0 Å². The van der Waals surface area contributed by atoms with Crippen LogP contribution in [-0.4, -0.2) is 13.1 Å². The van der Waals surface area contributed by atoms with Gasteiger partial charge in [-0.05, 0) is 35.1 Å². The topological polar surface area (TPSA) is 26.3 Å². The second kappa shape index (κ2) is 6.58. The number of carbonyl (C=O) groups is 1. The number of benzene rings is 2. The quantitative estimate of drug-likeness (QED) is 0.638. The van der Waals surface area contributed by atoms with Crippen molar-refractivity contribution in [1.29, 1.82) is 0 Å². The Hall–Kier alpha value is -2.39. The van der Waals surface area contributed by atoms with E-state index in [1.165, 1.54) is 29.6 Å². The molecule has 0 unspecified atom stereocenters. The molecule has 0 spiro atoms. The second-order valence-corrected chi connectivity index (χ2v) is 6.03. The highest BCUT2D eigenvalue weighted by Crippen LogP contribution is 2.29. The molecule has 0 aliphatic carbocycles. The number of rotatable bonds is 4. The lowest BCUT2D eigenvalue weighted by Crippen LogP contribution is -1.96. The third-order valence-electron chi connectivity index (χ3n) is 3.49. The fourth-order valence-electron chi connectivity index (χ4n) is 2.39. The summed E-state index contributed by atoms with van der Waals surface area (Å²) in [6.07, 6.45) is 5.11. The maximum Gasteiger partial charge on any atom is 0.348 e. The molecular weight excluding hydrogens is 292 g/mol. The van der Waals surface area contributed by atoms with Crippen molar-refractivity contribution in [1.82, 2.24) is 0 Å². The number of esters is 1. The summed E-state index contributed by atoms with van der Waals surface area (Å²) in [6, 6.07) is 18.3. The molecule has 1 heterocycles. The molecule has 0 aliphatic rings. The second-order valence-electron chi connectivity index (χ2n) is 4.95. The van der Waals surface area contributed by atoms with Gasteiger partial charge >= 0.3 is 5.97 Å². The van der Waals surface area contributed by atoms with E-state index in [-0.39, 0.29) is 5.97 Å². The van der Waals surface area contributed by atoms with Gasteiger partial charge in [0.1, 0.15) is 4.88 Å². The number of thiophene rings is 1. The molecule has 110 valence electrons. The van der Waals surface area contributed by atoms with Gasteiger partial charge in [-0.2, -0.15) is 0 Å². The van der Waals surface area contributed by atoms with Gasteiger partial charge in [0.2, 0.25) is 0 Å². The largest absolute Gasteiger partial charge is 0.465 e. The van der Waals surface area contributed by atoms with Crippen LogP contribution in [-0.2, 0) is 11.2 Å². The Bertz CT molecular complexity index is 816. The highest BCUT2D eigenvalue weighted by atomic mass is 32.1. The summed E-state index contributed by atoms with van der Waals surface area (Å²) in [5.41, 5.74) is 2.41. The van der Waals surface area contributed by atoms with E-state index >= 15 is 0 Å². The van der Waals surface area contributed by atoms with Gasteiger partial charge in [0, 0.05) is 4.70 Å². The maximum absolute atomic E-state index is 11.7. The number of fused-ring (bicyclic) bond motifs is 1. The third-order valence-corrected chi connectivity index (χ3v) is 4.57. The van der Waals surface area contributed by atoms with E-state index < -0.39 is 0 Å². The molecule has 22 heavy (non-hydrogen) atoms. The zero-order valence-corrected chi connectivity index (χ0v) is 13.1. The van der Waals surface area contributed by atoms with Gasteiger partial charge in [0.15, 0.2) is 0 Å². The average molecular weight is 308 g/mol. The summed E-state index contributed by atoms with van der Waals surface area (Å²) in [5.74, 6) is -0.271. The van der Waals surface area contributed by atoms with Crippen LogP contribution in [0.15, 0.2) is 60.7 Å². The molecule has 0 radical (unpaired) electrons. The van der Waals surface area contributed by atoms with Gasteiger partial charge in [0.05, 0.1) is 7.11 Å². The monoisotopic (exact) mass is 308 g/mol. The first-order chi connectivity index (χ1) is 10.8. The summed E-state index contributed by atoms with van der Waals surface area (Å²) >= 11 is 1.48. The minimum atomic E-state index is -0.271. The Balaban J connectivity index is 1.86. The summed E-state index contributed by atoms with van der Waals surface area (Å²) < 4.78 is 5.92. The van der Waals surface area contributed by atoms with Crippen LogP contribution in [0.2, 0.25) is 0 Å². The first-order valence-electron chi connectivity index (χ1n) is 7.09. The molecule has 0 amide bonds. The van der Waals surface area contributed by atoms with Crippen molar-refractivity contribution in [3.05, 3.63) is 76.7 Å². The zero-order chi connectivity index (χ0) is 15.4. The van der Waals surface area contributed by atoms with Crippen LogP contribution >= 0.6 is 11.3 Å². The maximum atomic E-state index is 11.7. The van der Waals surface area contributed by atoms with Crippen LogP contribution in [0.5, 0.6) is 0 Å². The van der Waals surface area contributed by atoms with Gasteiger partial charge in [-0.15, -0.1) is 11.3 Å². The molecule has 3 heteroatoms. The lowest BCUT2D eigenvalue weighted by molar-refractivity contribution is 0.0606. The normalized spacial score (nSPS) is 11.1. The van der Waals surface area contributed by atoms with Crippen LogP contribution in [0.3, 0.4) is 0 Å². The minimum Gasteiger partial charge on any atom is -0.465 e. The van der Waals surface area contributed by atoms with Gasteiger partial charge < -0.3 is 4.74 Å². The fraction of sp³-hybridized carbons (Fsp3) is 0.105. The summed E-state index contributed by atoms with van der Waals surface area (Å²) in [7, 11) is 1.41. The minimum absolute atomic E-state index is 0.271. The molecule has 0 saturated carbocycles. The molecule has 2 aromatic carbocycles. The molecule has 0 bridgehead atoms. The molecule has 3 rings (SSSR count). The van der Waals surface area contributed by atoms with Crippen LogP contribution in [0, 0.1) is 0 Å². The van der Waals surface area contributed by atoms with E-state index in [0.29, 0.717) is 4.88 Å². The van der Waals surface area contributed by atoms with E-state index in [0.717, 1.165) is 16.5 Å². The van der Waals surface area contributed by atoms with E-state index in [2.05, 4.69) is 30.4 Å². The van der Waals surface area contributed by atoms with Gasteiger partial charge in [-0.25, -0.2) is 4.79 Å². The number of hydrogen-bond acceptors (Lipinski definition) is 3. The van der Waals surface area contributed by atoms with Crippen LogP contribution < -0.4 is 0 Å². The Morgan fingerprint density at radius 3 is 2.73 bits per heavy atom. The number of ether oxygens (including phenoxy) is 1. The van der Waals surface area contributed by atoms with Crippen molar-refractivity contribution in [3.8, 4) is 0 Å². The van der Waals surface area contributed by atoms with Crippen LogP contribution in [0.25, 0.3) is 16.2 Å². The van der Waals surface area contributed by atoms with Gasteiger partial charge in [-0.3, -0.25) is 0 Å². The van der Waals surface area contributed by atoms with Crippen LogP contribution in [0.4, 0.5) is 0 Å². The molecule has 0 aliphatic heterocycles. The molecule has 3 aromatic rings. The summed E-state index contributed by atoms with van der Waals surface area (Å²) in [6.45, 7) is 0. The molecule has 2 nitrogen and oxygen atoms in total. The van der Waals surface area contributed by atoms with Crippen LogP contribution in [0.1, 0.15) is 20.8 Å². The molecule has 0 saturated heterocycles. The Kier molecular flexibility index (Phi) is 4.35. The predicted octanol–water partition coefficient (Wildman–Crippen LogP) is 4.94. The Morgan fingerprint density at radius 1 is 1.14 bits per heavy atom. The van der Waals surface area contributed by atoms with Crippen molar-refractivity contribution in [2.45, 2.75) is 6.42 Å². The average Bonchev–Trinajstić information content (AvgIpc) is 3.00. The molecule has 0 atom stereocenters. The Labute approximate surface area is 133 Å².